The third-order valence-corrected chi connectivity index (χ3v) is 9.14. The molecule has 0 aliphatic carbocycles. The minimum atomic E-state index is -3.72. The van der Waals surface area contributed by atoms with Crippen LogP contribution in [0.4, 0.5) is 5.13 Å². The molecular weight excluding hydrogens is 519 g/mol. The van der Waals surface area contributed by atoms with E-state index in [1.54, 1.807) is 18.2 Å². The predicted octanol–water partition coefficient (Wildman–Crippen LogP) is 3.29. The summed E-state index contributed by atoms with van der Waals surface area (Å²) >= 11 is 14.5. The summed E-state index contributed by atoms with van der Waals surface area (Å²) < 4.78 is 32.3. The average molecular weight is 539 g/mol. The zero-order chi connectivity index (χ0) is 23.3. The van der Waals surface area contributed by atoms with Crippen molar-refractivity contribution < 1.29 is 22.7 Å². The summed E-state index contributed by atoms with van der Waals surface area (Å²) in [5.74, 6) is -1.50. The van der Waals surface area contributed by atoms with Gasteiger partial charge in [0, 0.05) is 28.7 Å². The van der Waals surface area contributed by atoms with Crippen LogP contribution in [-0.2, 0) is 30.1 Å². The van der Waals surface area contributed by atoms with Gasteiger partial charge >= 0.3 is 5.97 Å². The predicted molar refractivity (Wildman–Crippen MR) is 125 cm³/mol. The maximum absolute atomic E-state index is 13.0. The van der Waals surface area contributed by atoms with Crippen LogP contribution < -0.4 is 5.32 Å². The first-order valence-electron chi connectivity index (χ1n) is 9.44. The summed E-state index contributed by atoms with van der Waals surface area (Å²) in [5.41, 5.74) is 0.341. The monoisotopic (exact) mass is 538 g/mol. The van der Waals surface area contributed by atoms with Crippen LogP contribution in [-0.4, -0.2) is 60.7 Å². The highest BCUT2D eigenvalue weighted by molar-refractivity contribution is 8.01. The second-order valence-electron chi connectivity index (χ2n) is 6.88. The van der Waals surface area contributed by atoms with Crippen molar-refractivity contribution in [3.8, 4) is 0 Å². The molecule has 1 amide bonds. The zero-order valence-corrected chi connectivity index (χ0v) is 20.9. The number of esters is 1. The van der Waals surface area contributed by atoms with Gasteiger partial charge < -0.3 is 10.1 Å². The minimum absolute atomic E-state index is 0.0546. The average Bonchev–Trinajstić information content (AvgIpc) is 3.22. The van der Waals surface area contributed by atoms with E-state index in [1.807, 2.05) is 0 Å². The molecule has 32 heavy (non-hydrogen) atoms. The maximum atomic E-state index is 13.0. The molecule has 0 spiro atoms. The van der Waals surface area contributed by atoms with Crippen LogP contribution in [0.5, 0.6) is 0 Å². The van der Waals surface area contributed by atoms with Crippen LogP contribution in [0.25, 0.3) is 0 Å². The molecule has 14 heteroatoms. The highest BCUT2D eigenvalue weighted by Crippen LogP contribution is 2.30. The Morgan fingerprint density at radius 2 is 2.03 bits per heavy atom. The molecular formula is C18H20Cl2N4O5S3. The fraction of sp³-hybridized carbons (Fsp3) is 0.444. The van der Waals surface area contributed by atoms with Crippen molar-refractivity contribution in [2.24, 2.45) is 5.92 Å². The number of nitrogens with zero attached hydrogens (tertiary/aromatic N) is 3. The second-order valence-corrected chi connectivity index (χ2v) is 11.9. The molecule has 1 saturated heterocycles. The first-order valence-corrected chi connectivity index (χ1v) is 13.6. The van der Waals surface area contributed by atoms with E-state index in [2.05, 4.69) is 20.3 Å². The van der Waals surface area contributed by atoms with E-state index >= 15 is 0 Å². The summed E-state index contributed by atoms with van der Waals surface area (Å²) in [6.07, 6.45) is 1.09. The van der Waals surface area contributed by atoms with Gasteiger partial charge in [-0.25, -0.2) is 12.7 Å². The lowest BCUT2D eigenvalue weighted by Gasteiger charge is -2.31. The smallest absolute Gasteiger partial charge is 0.316 e. The minimum Gasteiger partial charge on any atom is -0.468 e. The van der Waals surface area contributed by atoms with Crippen LogP contribution >= 0.6 is 46.3 Å². The van der Waals surface area contributed by atoms with Gasteiger partial charge in [0.2, 0.25) is 21.1 Å². The Morgan fingerprint density at radius 3 is 2.72 bits per heavy atom. The Labute approximate surface area is 203 Å². The Balaban J connectivity index is 1.61. The van der Waals surface area contributed by atoms with Crippen molar-refractivity contribution >= 4 is 73.3 Å². The first-order chi connectivity index (χ1) is 15.2. The van der Waals surface area contributed by atoms with Gasteiger partial charge in [-0.3, -0.25) is 9.59 Å². The van der Waals surface area contributed by atoms with Crippen molar-refractivity contribution in [2.45, 2.75) is 22.9 Å². The Morgan fingerprint density at radius 1 is 1.31 bits per heavy atom. The number of benzene rings is 1. The molecule has 3 rings (SSSR count). The number of hydrogen-bond donors (Lipinski definition) is 1. The number of sulfonamides is 1. The third-order valence-electron chi connectivity index (χ3n) is 4.71. The number of methoxy groups -OCH3 is 1. The quantitative estimate of drug-likeness (QED) is 0.309. The number of aromatic nitrogens is 2. The largest absolute Gasteiger partial charge is 0.468 e. The molecule has 1 aliphatic rings. The molecule has 174 valence electrons. The van der Waals surface area contributed by atoms with Crippen LogP contribution in [0.2, 0.25) is 10.0 Å². The van der Waals surface area contributed by atoms with E-state index in [0.29, 0.717) is 29.3 Å². The lowest BCUT2D eigenvalue weighted by atomic mass is 9.99. The molecule has 1 atom stereocenters. The topological polar surface area (TPSA) is 119 Å². The molecule has 1 fully saturated rings. The second kappa shape index (κ2) is 11.1. The van der Waals surface area contributed by atoms with Crippen molar-refractivity contribution in [3.63, 3.8) is 0 Å². The molecule has 1 aromatic carbocycles. The normalized spacial score (nSPS) is 17.2. The fourth-order valence-electron chi connectivity index (χ4n) is 3.06. The lowest BCUT2D eigenvalue weighted by molar-refractivity contribution is -0.137. The van der Waals surface area contributed by atoms with Gasteiger partial charge in [-0.15, -0.1) is 10.2 Å². The van der Waals surface area contributed by atoms with E-state index in [-0.39, 0.29) is 39.1 Å². The summed E-state index contributed by atoms with van der Waals surface area (Å²) in [6.45, 7) is 0.375. The number of carbonyl (C=O) groups excluding carboxylic acids is 2. The molecule has 9 nitrogen and oxygen atoms in total. The third kappa shape index (κ3) is 6.55. The number of nitrogens with one attached hydrogen (secondary N) is 1. The number of hydrogen-bond acceptors (Lipinski definition) is 9. The van der Waals surface area contributed by atoms with Gasteiger partial charge in [0.25, 0.3) is 0 Å². The molecule has 1 aliphatic heterocycles. The van der Waals surface area contributed by atoms with Crippen molar-refractivity contribution in [3.05, 3.63) is 33.8 Å². The molecule has 1 aromatic heterocycles. The number of ether oxygens (including phenoxy) is 1. The zero-order valence-electron chi connectivity index (χ0n) is 16.9. The number of anilines is 1. The van der Waals surface area contributed by atoms with Gasteiger partial charge in [-0.1, -0.05) is 52.4 Å². The van der Waals surface area contributed by atoms with Crippen LogP contribution in [0.1, 0.15) is 18.4 Å². The van der Waals surface area contributed by atoms with E-state index in [1.165, 1.54) is 11.4 Å². The maximum Gasteiger partial charge on any atom is 0.316 e. The van der Waals surface area contributed by atoms with E-state index in [4.69, 9.17) is 23.2 Å². The van der Waals surface area contributed by atoms with Gasteiger partial charge in [0.15, 0.2) is 4.34 Å². The Kier molecular flexibility index (Phi) is 8.75. The number of piperidine rings is 1. The van der Waals surface area contributed by atoms with Gasteiger partial charge in [-0.2, -0.15) is 0 Å². The van der Waals surface area contributed by atoms with Crippen molar-refractivity contribution in [2.75, 3.05) is 31.3 Å². The number of carbonyl (C=O) groups is 2. The van der Waals surface area contributed by atoms with Gasteiger partial charge in [-0.05, 0) is 25.0 Å². The van der Waals surface area contributed by atoms with E-state index in [0.717, 1.165) is 23.1 Å². The number of rotatable bonds is 8. The lowest BCUT2D eigenvalue weighted by Crippen LogP contribution is -2.44. The SMILES string of the molecule is COC(=O)CSc1nnc(NC(=O)[C@H]2CCCN(S(=O)(=O)Cc3c(Cl)cccc3Cl)C2)s1. The molecule has 0 saturated carbocycles. The fourth-order valence-corrected chi connectivity index (χ4v) is 7.01. The molecule has 1 N–H and O–H groups in total. The van der Waals surface area contributed by atoms with Gasteiger partial charge in [0.05, 0.1) is 24.5 Å². The molecule has 2 aromatic rings. The number of halogens is 2. The molecule has 0 unspecified atom stereocenters. The van der Waals surface area contributed by atoms with Crippen LogP contribution in [0.3, 0.4) is 0 Å². The summed E-state index contributed by atoms with van der Waals surface area (Å²) in [5, 5.41) is 11.3. The van der Waals surface area contributed by atoms with Crippen LogP contribution in [0.15, 0.2) is 22.5 Å². The molecule has 0 bridgehead atoms. The summed E-state index contributed by atoms with van der Waals surface area (Å²) in [7, 11) is -2.43. The Bertz CT molecular complexity index is 1080. The van der Waals surface area contributed by atoms with E-state index in [9.17, 15) is 18.0 Å². The van der Waals surface area contributed by atoms with Gasteiger partial charge in [0.1, 0.15) is 0 Å². The number of thioether (sulfide) groups is 1. The van der Waals surface area contributed by atoms with E-state index < -0.39 is 21.9 Å². The highest BCUT2D eigenvalue weighted by Gasteiger charge is 2.33. The summed E-state index contributed by atoms with van der Waals surface area (Å²) in [6, 6.07) is 4.82. The summed E-state index contributed by atoms with van der Waals surface area (Å²) in [4.78, 5) is 23.9. The number of amides is 1. The molecule has 2 heterocycles. The first kappa shape index (κ1) is 25.2. The van der Waals surface area contributed by atoms with Crippen molar-refractivity contribution in [1.82, 2.24) is 14.5 Å². The standard InChI is InChI=1S/C18H20Cl2N4O5S3/c1-29-15(25)9-30-18-23-22-17(31-18)21-16(26)11-4-3-7-24(8-11)32(27,28)10-12-13(19)5-2-6-14(12)20/h2,5-6,11H,3-4,7-10H2,1H3,(H,21,22,26)/t11-/m0/s1. The highest BCUT2D eigenvalue weighted by atomic mass is 35.5. The van der Waals surface area contributed by atoms with Crippen LogP contribution in [0, 0.1) is 5.92 Å². The van der Waals surface area contributed by atoms with Crippen molar-refractivity contribution in [1.29, 1.82) is 0 Å². The Hall–Kier alpha value is -1.44. The molecule has 0 radical (unpaired) electrons.